The van der Waals surface area contributed by atoms with Crippen LogP contribution in [0.3, 0.4) is 0 Å². The van der Waals surface area contributed by atoms with Gasteiger partial charge in [0.1, 0.15) is 0 Å². The van der Waals surface area contributed by atoms with Crippen LogP contribution in [0.25, 0.3) is 0 Å². The molecule has 0 unspecified atom stereocenters. The molecule has 0 aliphatic carbocycles. The zero-order chi connectivity index (χ0) is 9.90. The Morgan fingerprint density at radius 1 is 1.15 bits per heavy atom. The summed E-state index contributed by atoms with van der Waals surface area (Å²) in [6.07, 6.45) is 2.25. The fourth-order valence-electron chi connectivity index (χ4n) is 1.53. The van der Waals surface area contributed by atoms with E-state index >= 15 is 0 Å². The molecule has 0 N–H and O–H groups in total. The first-order valence-electron chi connectivity index (χ1n) is 5.03. The van der Waals surface area contributed by atoms with Crippen molar-refractivity contribution < 1.29 is 0 Å². The monoisotopic (exact) mass is 174 g/mol. The van der Waals surface area contributed by atoms with Gasteiger partial charge < -0.3 is 0 Å². The van der Waals surface area contributed by atoms with Gasteiger partial charge in [-0.05, 0) is 41.5 Å². The molecule has 0 aliphatic heterocycles. The highest BCUT2D eigenvalue weighted by molar-refractivity contribution is 5.30. The van der Waals surface area contributed by atoms with E-state index in [4.69, 9.17) is 0 Å². The van der Waals surface area contributed by atoms with E-state index in [1.54, 1.807) is 0 Å². The molecule has 0 heteroatoms. The molecule has 0 saturated carbocycles. The SMILES string of the molecule is CCc1cc#ccc1C(C)(C)CC. The van der Waals surface area contributed by atoms with Gasteiger partial charge in [-0.1, -0.05) is 39.8 Å². The molecule has 0 spiro atoms. The number of aryl methyl sites for hydroxylation is 1. The Morgan fingerprint density at radius 3 is 2.31 bits per heavy atom. The van der Waals surface area contributed by atoms with E-state index < -0.39 is 0 Å². The summed E-state index contributed by atoms with van der Waals surface area (Å²) in [6.45, 7) is 9.00. The zero-order valence-corrected chi connectivity index (χ0v) is 9.07. The lowest BCUT2D eigenvalue weighted by Gasteiger charge is -2.25. The van der Waals surface area contributed by atoms with Crippen LogP contribution >= 0.6 is 0 Å². The standard InChI is InChI=1S/C13H18/c1-5-11-9-7-8-10-12(11)13(3,4)6-2/h9-10H,5-6H2,1-4H3. The van der Waals surface area contributed by atoms with Crippen LogP contribution in [0.2, 0.25) is 0 Å². The van der Waals surface area contributed by atoms with E-state index in [0.29, 0.717) is 0 Å². The van der Waals surface area contributed by atoms with Gasteiger partial charge >= 0.3 is 0 Å². The van der Waals surface area contributed by atoms with Crippen LogP contribution in [-0.4, -0.2) is 0 Å². The van der Waals surface area contributed by atoms with Crippen molar-refractivity contribution in [2.45, 2.75) is 46.0 Å². The van der Waals surface area contributed by atoms with Crippen molar-refractivity contribution in [1.29, 1.82) is 0 Å². The Balaban J connectivity index is 3.12. The summed E-state index contributed by atoms with van der Waals surface area (Å²) < 4.78 is 0. The lowest BCUT2D eigenvalue weighted by atomic mass is 9.79. The molecule has 0 aromatic heterocycles. The highest BCUT2D eigenvalue weighted by Gasteiger charge is 2.19. The third-order valence-corrected chi connectivity index (χ3v) is 2.89. The zero-order valence-electron chi connectivity index (χ0n) is 9.07. The number of rotatable bonds is 3. The molecular formula is C13H18. The molecule has 0 fully saturated rings. The molecule has 0 saturated heterocycles. The highest BCUT2D eigenvalue weighted by atomic mass is 14.2. The Morgan fingerprint density at radius 2 is 1.77 bits per heavy atom. The van der Waals surface area contributed by atoms with Crippen LogP contribution in [0, 0.1) is 12.1 Å². The van der Waals surface area contributed by atoms with Crippen LogP contribution in [0.15, 0.2) is 12.1 Å². The van der Waals surface area contributed by atoms with Gasteiger partial charge in [-0.2, -0.15) is 0 Å². The first-order chi connectivity index (χ1) is 6.11. The topological polar surface area (TPSA) is 0 Å². The van der Waals surface area contributed by atoms with Gasteiger partial charge in [0.2, 0.25) is 0 Å². The fourth-order valence-corrected chi connectivity index (χ4v) is 1.53. The average molecular weight is 174 g/mol. The smallest absolute Gasteiger partial charge is 0.00748 e. The molecule has 70 valence electrons. The molecular weight excluding hydrogens is 156 g/mol. The predicted molar refractivity (Wildman–Crippen MR) is 56.8 cm³/mol. The molecule has 0 radical (unpaired) electrons. The third-order valence-electron chi connectivity index (χ3n) is 2.89. The third kappa shape index (κ3) is 2.04. The van der Waals surface area contributed by atoms with E-state index in [1.807, 2.05) is 0 Å². The first-order valence-corrected chi connectivity index (χ1v) is 5.03. The molecule has 1 aromatic rings. The largest absolute Gasteiger partial charge is 0.0699 e. The van der Waals surface area contributed by atoms with Crippen molar-refractivity contribution >= 4 is 0 Å². The second kappa shape index (κ2) is 3.83. The Labute approximate surface area is 82.0 Å². The molecule has 0 aliphatic rings. The van der Waals surface area contributed by atoms with Crippen LogP contribution < -0.4 is 0 Å². The highest BCUT2D eigenvalue weighted by Crippen LogP contribution is 2.28. The summed E-state index contributed by atoms with van der Waals surface area (Å²) in [7, 11) is 0. The van der Waals surface area contributed by atoms with Crippen molar-refractivity contribution in [3.63, 3.8) is 0 Å². The number of hydrogen-bond donors (Lipinski definition) is 0. The molecule has 0 bridgehead atoms. The van der Waals surface area contributed by atoms with Gasteiger partial charge in [0.25, 0.3) is 0 Å². The van der Waals surface area contributed by atoms with Gasteiger partial charge in [0.05, 0.1) is 0 Å². The van der Waals surface area contributed by atoms with Crippen molar-refractivity contribution in [2.24, 2.45) is 0 Å². The van der Waals surface area contributed by atoms with E-state index in [2.05, 4.69) is 52.0 Å². The van der Waals surface area contributed by atoms with Crippen LogP contribution in [0.1, 0.15) is 45.2 Å². The quantitative estimate of drug-likeness (QED) is 0.657. The lowest BCUT2D eigenvalue weighted by Crippen LogP contribution is -2.17. The van der Waals surface area contributed by atoms with Gasteiger partial charge in [0, 0.05) is 0 Å². The summed E-state index contributed by atoms with van der Waals surface area (Å²) in [4.78, 5) is 0. The molecule has 13 heavy (non-hydrogen) atoms. The van der Waals surface area contributed by atoms with Crippen molar-refractivity contribution in [3.05, 3.63) is 35.4 Å². The van der Waals surface area contributed by atoms with Crippen LogP contribution in [-0.2, 0) is 11.8 Å². The van der Waals surface area contributed by atoms with Crippen LogP contribution in [0.5, 0.6) is 0 Å². The predicted octanol–water partition coefficient (Wildman–Crippen LogP) is 3.54. The van der Waals surface area contributed by atoms with Gasteiger partial charge in [-0.3, -0.25) is 0 Å². The van der Waals surface area contributed by atoms with E-state index in [-0.39, 0.29) is 5.41 Å². The molecule has 0 nitrogen and oxygen atoms in total. The molecule has 1 aromatic carbocycles. The molecule has 0 heterocycles. The van der Waals surface area contributed by atoms with Gasteiger partial charge in [-0.25, -0.2) is 0 Å². The fraction of sp³-hybridized carbons (Fsp3) is 0.538. The maximum absolute atomic E-state index is 3.05. The van der Waals surface area contributed by atoms with E-state index in [1.165, 1.54) is 11.1 Å². The Hall–Kier alpha value is -0.960. The number of hydrogen-bond acceptors (Lipinski definition) is 0. The first kappa shape index (κ1) is 10.1. The molecule has 0 amide bonds. The Bertz CT molecular complexity index is 271. The van der Waals surface area contributed by atoms with E-state index in [9.17, 15) is 0 Å². The minimum atomic E-state index is 0.275. The van der Waals surface area contributed by atoms with Crippen LogP contribution in [0.4, 0.5) is 0 Å². The lowest BCUT2D eigenvalue weighted by molar-refractivity contribution is 0.502. The van der Waals surface area contributed by atoms with Gasteiger partial charge in [0.15, 0.2) is 0 Å². The summed E-state index contributed by atoms with van der Waals surface area (Å²) >= 11 is 0. The second-order valence-electron chi connectivity index (χ2n) is 4.11. The van der Waals surface area contributed by atoms with Crippen molar-refractivity contribution in [1.82, 2.24) is 0 Å². The van der Waals surface area contributed by atoms with Crippen molar-refractivity contribution in [2.75, 3.05) is 0 Å². The van der Waals surface area contributed by atoms with E-state index in [0.717, 1.165) is 12.8 Å². The maximum Gasteiger partial charge on any atom is -0.00748 e. The minimum absolute atomic E-state index is 0.275. The maximum atomic E-state index is 3.05. The normalized spacial score (nSPS) is 11.1. The summed E-state index contributed by atoms with van der Waals surface area (Å²) in [5.74, 6) is 0. The summed E-state index contributed by atoms with van der Waals surface area (Å²) in [6, 6.07) is 10.2. The summed E-state index contributed by atoms with van der Waals surface area (Å²) in [5.41, 5.74) is 3.11. The average Bonchev–Trinajstić information content (AvgIpc) is 2.18. The minimum Gasteiger partial charge on any atom is -0.0699 e. The Kier molecular flexibility index (Phi) is 2.98. The summed E-state index contributed by atoms with van der Waals surface area (Å²) in [5, 5.41) is 0. The molecule has 1 rings (SSSR count). The van der Waals surface area contributed by atoms with Gasteiger partial charge in [-0.15, -0.1) is 0 Å². The second-order valence-corrected chi connectivity index (χ2v) is 4.11. The molecule has 0 atom stereocenters. The van der Waals surface area contributed by atoms with Crippen molar-refractivity contribution in [3.8, 4) is 0 Å².